The lowest BCUT2D eigenvalue weighted by molar-refractivity contribution is -0.144. The van der Waals surface area contributed by atoms with E-state index in [1.165, 1.54) is 25.5 Å². The van der Waals surface area contributed by atoms with Crippen molar-refractivity contribution in [1.29, 1.82) is 5.26 Å². The van der Waals surface area contributed by atoms with Crippen molar-refractivity contribution in [2.45, 2.75) is 56.8 Å². The summed E-state index contributed by atoms with van der Waals surface area (Å²) in [4.78, 5) is 25.7. The molecule has 0 amide bonds. The van der Waals surface area contributed by atoms with Gasteiger partial charge in [0, 0.05) is 30.4 Å². The molecule has 0 unspecified atom stereocenters. The first kappa shape index (κ1) is 25.9. The molecule has 1 fully saturated rings. The lowest BCUT2D eigenvalue weighted by atomic mass is 9.88. The van der Waals surface area contributed by atoms with Crippen molar-refractivity contribution < 1.29 is 17.6 Å². The first-order valence-corrected chi connectivity index (χ1v) is 12.7. The van der Waals surface area contributed by atoms with Crippen LogP contribution in [0.25, 0.3) is 16.9 Å². The van der Waals surface area contributed by atoms with Crippen molar-refractivity contribution in [2.24, 2.45) is 0 Å². The van der Waals surface area contributed by atoms with Crippen LogP contribution in [0, 0.1) is 17.1 Å². The number of nitrogens with one attached hydrogen (secondary N) is 2. The molecule has 0 radical (unpaired) electrons. The first-order valence-electron chi connectivity index (χ1n) is 12.7. The number of fused-ring (bicyclic) bond motifs is 3. The van der Waals surface area contributed by atoms with Crippen LogP contribution in [-0.2, 0) is 23.9 Å². The molecule has 2 N–H and O–H groups in total. The summed E-state index contributed by atoms with van der Waals surface area (Å²) in [5.41, 5.74) is 0.888. The number of hydrogen-bond acceptors (Lipinski definition) is 7. The second kappa shape index (κ2) is 8.85. The molecule has 1 aliphatic carbocycles. The van der Waals surface area contributed by atoms with Crippen LogP contribution in [0.15, 0.2) is 41.3 Å². The van der Waals surface area contributed by atoms with E-state index >= 15 is 4.39 Å². The largest absolute Gasteiger partial charge is 0.408 e. The highest BCUT2D eigenvalue weighted by molar-refractivity contribution is 5.77. The zero-order chi connectivity index (χ0) is 28.4. The van der Waals surface area contributed by atoms with Crippen LogP contribution in [-0.4, -0.2) is 37.0 Å². The molecule has 1 spiro atoms. The molecule has 40 heavy (non-hydrogen) atoms. The highest BCUT2D eigenvalue weighted by Gasteiger charge is 2.46. The first-order chi connectivity index (χ1) is 18.9. The number of anilines is 2. The maximum atomic E-state index is 15.1. The average Bonchev–Trinajstić information content (AvgIpc) is 3.62. The smallest absolute Gasteiger partial charge is 0.324 e. The van der Waals surface area contributed by atoms with Crippen molar-refractivity contribution in [3.8, 4) is 11.9 Å². The molecule has 1 aromatic carbocycles. The predicted molar refractivity (Wildman–Crippen MR) is 138 cm³/mol. The number of nitriles is 1. The summed E-state index contributed by atoms with van der Waals surface area (Å²) in [6, 6.07) is 10.2. The van der Waals surface area contributed by atoms with Gasteiger partial charge in [0.2, 0.25) is 5.95 Å². The van der Waals surface area contributed by atoms with Crippen molar-refractivity contribution in [3.63, 3.8) is 0 Å². The molecule has 0 atom stereocenters. The van der Waals surface area contributed by atoms with Gasteiger partial charge >= 0.3 is 6.18 Å². The van der Waals surface area contributed by atoms with E-state index in [1.54, 1.807) is 0 Å². The summed E-state index contributed by atoms with van der Waals surface area (Å²) < 4.78 is 56.8. The van der Waals surface area contributed by atoms with Gasteiger partial charge in [0.25, 0.3) is 5.56 Å². The van der Waals surface area contributed by atoms with Gasteiger partial charge in [-0.25, -0.2) is 23.7 Å². The molecule has 13 heteroatoms. The fraction of sp³-hybridized carbons (Fsp3) is 0.370. The Morgan fingerprint density at radius 3 is 2.65 bits per heavy atom. The van der Waals surface area contributed by atoms with E-state index in [0.29, 0.717) is 21.6 Å². The maximum Gasteiger partial charge on any atom is 0.408 e. The van der Waals surface area contributed by atoms with E-state index in [0.717, 1.165) is 37.2 Å². The van der Waals surface area contributed by atoms with E-state index in [4.69, 9.17) is 0 Å². The van der Waals surface area contributed by atoms with Crippen LogP contribution < -0.4 is 16.2 Å². The van der Waals surface area contributed by atoms with Gasteiger partial charge in [-0.1, -0.05) is 6.07 Å². The summed E-state index contributed by atoms with van der Waals surface area (Å²) in [6.45, 7) is 3.01. The van der Waals surface area contributed by atoms with Crippen LogP contribution in [0.1, 0.15) is 43.5 Å². The van der Waals surface area contributed by atoms with Gasteiger partial charge < -0.3 is 10.6 Å². The van der Waals surface area contributed by atoms with Crippen molar-refractivity contribution >= 4 is 22.7 Å². The van der Waals surface area contributed by atoms with Gasteiger partial charge in [0.1, 0.15) is 11.9 Å². The van der Waals surface area contributed by atoms with E-state index in [2.05, 4.69) is 31.7 Å². The third kappa shape index (κ3) is 4.38. The quantitative estimate of drug-likeness (QED) is 0.354. The molecule has 3 aromatic heterocycles. The van der Waals surface area contributed by atoms with Crippen LogP contribution in [0.3, 0.4) is 0 Å². The molecular weight excluding hydrogens is 528 g/mol. The van der Waals surface area contributed by atoms with Crippen LogP contribution >= 0.6 is 0 Å². The number of halogens is 4. The molecule has 4 heterocycles. The highest BCUT2D eigenvalue weighted by Crippen LogP contribution is 2.50. The monoisotopic (exact) mass is 552 g/mol. The zero-order valence-electron chi connectivity index (χ0n) is 21.6. The number of alkyl halides is 3. The summed E-state index contributed by atoms with van der Waals surface area (Å²) in [6.07, 6.45) is -1.44. The molecule has 0 saturated heterocycles. The molecule has 206 valence electrons. The standard InChI is InChI=1S/C27H24F4N8O/c1-25(2,12-32)20-6-5-19(28)22(36-20)39-21-17(23(40)38(39)14-27(29,30)31)11-34-24(37-21)35-16-3-4-18-15(9-16)10-33-13-26(18)7-8-26/h3-6,9,11,33H,7-8,10,13-14H2,1-2H3,(H,34,35,37). The fourth-order valence-electron chi connectivity index (χ4n) is 5.19. The van der Waals surface area contributed by atoms with E-state index in [9.17, 15) is 23.2 Å². The molecule has 6 rings (SSSR count). The number of rotatable bonds is 5. The molecule has 2 aliphatic rings. The summed E-state index contributed by atoms with van der Waals surface area (Å²) in [5, 5.41) is 15.8. The number of aromatic nitrogens is 5. The van der Waals surface area contributed by atoms with Crippen LogP contribution in [0.2, 0.25) is 0 Å². The Kier molecular flexibility index (Phi) is 5.74. The Balaban J connectivity index is 1.48. The third-order valence-electron chi connectivity index (χ3n) is 7.52. The van der Waals surface area contributed by atoms with Gasteiger partial charge in [-0.3, -0.25) is 4.79 Å². The second-order valence-electron chi connectivity index (χ2n) is 10.8. The van der Waals surface area contributed by atoms with E-state index in [-0.39, 0.29) is 28.1 Å². The van der Waals surface area contributed by atoms with Crippen LogP contribution in [0.5, 0.6) is 0 Å². The minimum atomic E-state index is -4.81. The summed E-state index contributed by atoms with van der Waals surface area (Å²) in [7, 11) is 0. The van der Waals surface area contributed by atoms with Gasteiger partial charge in [-0.05, 0) is 62.1 Å². The minimum absolute atomic E-state index is 0.00387. The lowest BCUT2D eigenvalue weighted by Crippen LogP contribution is -2.33. The molecular formula is C27H24F4N8O. The van der Waals surface area contributed by atoms with Crippen LogP contribution in [0.4, 0.5) is 29.2 Å². The normalized spacial score (nSPS) is 16.1. The molecule has 0 bridgehead atoms. The summed E-state index contributed by atoms with van der Waals surface area (Å²) >= 11 is 0. The van der Waals surface area contributed by atoms with E-state index in [1.807, 2.05) is 18.2 Å². The molecule has 9 nitrogen and oxygen atoms in total. The average molecular weight is 553 g/mol. The lowest BCUT2D eigenvalue weighted by Gasteiger charge is -2.26. The van der Waals surface area contributed by atoms with Crippen molar-refractivity contribution in [3.05, 3.63) is 69.5 Å². The molecule has 4 aromatic rings. The maximum absolute atomic E-state index is 15.1. The highest BCUT2D eigenvalue weighted by atomic mass is 19.4. The van der Waals surface area contributed by atoms with Crippen molar-refractivity contribution in [2.75, 3.05) is 11.9 Å². The Labute approximate surface area is 225 Å². The van der Waals surface area contributed by atoms with Crippen molar-refractivity contribution in [1.82, 2.24) is 29.6 Å². The summed E-state index contributed by atoms with van der Waals surface area (Å²) in [5.74, 6) is -1.57. The minimum Gasteiger partial charge on any atom is -0.324 e. The molecule has 1 saturated carbocycles. The number of nitrogens with zero attached hydrogens (tertiary/aromatic N) is 6. The Morgan fingerprint density at radius 1 is 1.18 bits per heavy atom. The van der Waals surface area contributed by atoms with Gasteiger partial charge in [0.15, 0.2) is 17.3 Å². The Hall–Kier alpha value is -4.31. The van der Waals surface area contributed by atoms with Gasteiger partial charge in [0.05, 0.1) is 17.2 Å². The van der Waals surface area contributed by atoms with Gasteiger partial charge in [-0.2, -0.15) is 23.4 Å². The number of pyridine rings is 1. The number of benzene rings is 1. The Bertz CT molecular complexity index is 1760. The zero-order valence-corrected chi connectivity index (χ0v) is 21.6. The van der Waals surface area contributed by atoms with Gasteiger partial charge in [-0.15, -0.1) is 0 Å². The topological polar surface area (TPSA) is 113 Å². The van der Waals surface area contributed by atoms with E-state index < -0.39 is 35.3 Å². The fourth-order valence-corrected chi connectivity index (χ4v) is 5.19. The SMILES string of the molecule is CC(C)(C#N)c1ccc(F)c(-n2c3nc(Nc4ccc5c(c4)CNCC54CC4)ncc3c(=O)n2CC(F)(F)F)n1. The predicted octanol–water partition coefficient (Wildman–Crippen LogP) is 4.36. The third-order valence-corrected chi connectivity index (χ3v) is 7.52. The Morgan fingerprint density at radius 2 is 1.95 bits per heavy atom. The number of hydrogen-bond donors (Lipinski definition) is 2. The molecule has 1 aliphatic heterocycles. The second-order valence-corrected chi connectivity index (χ2v) is 10.8.